The fourth-order valence-electron chi connectivity index (χ4n) is 3.86. The van der Waals surface area contributed by atoms with Gasteiger partial charge in [0.05, 0.1) is 18.6 Å². The molecule has 2 aliphatic rings. The zero-order valence-corrected chi connectivity index (χ0v) is 15.8. The first-order chi connectivity index (χ1) is 11.5. The van der Waals surface area contributed by atoms with E-state index in [2.05, 4.69) is 12.2 Å². The molecule has 0 aromatic carbocycles. The molecule has 0 spiro atoms. The number of carboxylic acids is 1. The summed E-state index contributed by atoms with van der Waals surface area (Å²) in [6, 6.07) is 0. The Balaban J connectivity index is 2.05. The number of likely N-dealkylation sites (tertiary alicyclic amines) is 1. The van der Waals surface area contributed by atoms with Crippen molar-refractivity contribution in [3.8, 4) is 0 Å². The number of rotatable bonds is 5. The molecule has 1 aliphatic heterocycles. The number of carbonyl (C=O) groups excluding carboxylic acids is 1. The molecule has 0 radical (unpaired) electrons. The Morgan fingerprint density at radius 3 is 2.20 bits per heavy atom. The van der Waals surface area contributed by atoms with Gasteiger partial charge in [0, 0.05) is 18.6 Å². The quantitative estimate of drug-likeness (QED) is 0.697. The first-order valence-electron chi connectivity index (χ1n) is 9.08. The number of ether oxygens (including phenoxy) is 1. The zero-order chi connectivity index (χ0) is 18.9. The van der Waals surface area contributed by atoms with Crippen molar-refractivity contribution in [2.45, 2.75) is 76.5 Å². The molecule has 0 bridgehead atoms. The number of nitrogens with one attached hydrogen (secondary N) is 1. The number of carbonyl (C=O) groups is 2. The van der Waals surface area contributed by atoms with Crippen molar-refractivity contribution in [3.63, 3.8) is 0 Å². The van der Waals surface area contributed by atoms with Gasteiger partial charge in [-0.25, -0.2) is 4.79 Å². The lowest BCUT2D eigenvalue weighted by Crippen LogP contribution is -2.76. The van der Waals surface area contributed by atoms with Crippen molar-refractivity contribution < 1.29 is 24.5 Å². The number of hydrogen-bond donors (Lipinski definition) is 3. The number of aliphatic hydroxyl groups excluding tert-OH is 1. The van der Waals surface area contributed by atoms with Crippen molar-refractivity contribution >= 4 is 12.1 Å². The van der Waals surface area contributed by atoms with Crippen molar-refractivity contribution in [1.82, 2.24) is 10.2 Å². The zero-order valence-electron chi connectivity index (χ0n) is 15.8. The minimum absolute atomic E-state index is 0.0203. The minimum atomic E-state index is -0.909. The van der Waals surface area contributed by atoms with E-state index in [-0.39, 0.29) is 26.1 Å². The van der Waals surface area contributed by atoms with E-state index in [1.54, 1.807) is 20.8 Å². The molecule has 25 heavy (non-hydrogen) atoms. The third-order valence-corrected chi connectivity index (χ3v) is 5.19. The van der Waals surface area contributed by atoms with Gasteiger partial charge in [-0.3, -0.25) is 10.1 Å². The highest BCUT2D eigenvalue weighted by Crippen LogP contribution is 2.36. The van der Waals surface area contributed by atoms with Gasteiger partial charge in [-0.15, -0.1) is 0 Å². The molecule has 1 amide bonds. The summed E-state index contributed by atoms with van der Waals surface area (Å²) in [5.41, 5.74) is -1.74. The summed E-state index contributed by atoms with van der Waals surface area (Å²) < 4.78 is 5.36. The largest absolute Gasteiger partial charge is 0.481 e. The van der Waals surface area contributed by atoms with E-state index >= 15 is 0 Å². The first kappa shape index (κ1) is 20.0. The van der Waals surface area contributed by atoms with Gasteiger partial charge in [-0.2, -0.15) is 0 Å². The topological polar surface area (TPSA) is 99.1 Å². The van der Waals surface area contributed by atoms with Crippen LogP contribution in [0.5, 0.6) is 0 Å². The maximum atomic E-state index is 12.2. The molecule has 0 unspecified atom stereocenters. The summed E-state index contributed by atoms with van der Waals surface area (Å²) >= 11 is 0. The molecule has 2 rings (SSSR count). The Kier molecular flexibility index (Phi) is 5.68. The second-order valence-electron chi connectivity index (χ2n) is 8.93. The second kappa shape index (κ2) is 7.11. The van der Waals surface area contributed by atoms with Crippen LogP contribution in [-0.4, -0.2) is 63.6 Å². The lowest BCUT2D eigenvalue weighted by Gasteiger charge is -2.55. The number of hydrogen-bond acceptors (Lipinski definition) is 5. The van der Waals surface area contributed by atoms with Crippen LogP contribution in [0.25, 0.3) is 0 Å². The van der Waals surface area contributed by atoms with E-state index < -0.39 is 28.7 Å². The molecule has 1 saturated heterocycles. The minimum Gasteiger partial charge on any atom is -0.481 e. The van der Waals surface area contributed by atoms with E-state index in [4.69, 9.17) is 4.74 Å². The SMILES string of the molecule is CC1CCC(CO)(NC2(CC(=O)O)CN(C(=O)OC(C)(C)C)C2)CC1. The highest BCUT2D eigenvalue weighted by molar-refractivity contribution is 5.73. The molecule has 7 nitrogen and oxygen atoms in total. The third-order valence-electron chi connectivity index (χ3n) is 5.19. The first-order valence-corrected chi connectivity index (χ1v) is 9.08. The Morgan fingerprint density at radius 2 is 1.76 bits per heavy atom. The Labute approximate surface area is 149 Å². The summed E-state index contributed by atoms with van der Waals surface area (Å²) in [5.74, 6) is -0.287. The normalized spacial score (nSPS) is 29.0. The maximum Gasteiger partial charge on any atom is 0.410 e. The van der Waals surface area contributed by atoms with Crippen molar-refractivity contribution in [3.05, 3.63) is 0 Å². The predicted molar refractivity (Wildman–Crippen MR) is 93.4 cm³/mol. The number of amides is 1. The number of aliphatic hydroxyl groups is 1. The van der Waals surface area contributed by atoms with Crippen LogP contribution in [0, 0.1) is 5.92 Å². The average molecular weight is 356 g/mol. The molecule has 3 N–H and O–H groups in total. The third kappa shape index (κ3) is 5.07. The van der Waals surface area contributed by atoms with Crippen LogP contribution in [0.1, 0.15) is 59.8 Å². The van der Waals surface area contributed by atoms with Crippen molar-refractivity contribution in [1.29, 1.82) is 0 Å². The smallest absolute Gasteiger partial charge is 0.410 e. The molecule has 144 valence electrons. The van der Waals surface area contributed by atoms with Crippen LogP contribution in [0.15, 0.2) is 0 Å². The number of carboxylic acid groups (broad SMARTS) is 1. The summed E-state index contributed by atoms with van der Waals surface area (Å²) in [4.78, 5) is 25.1. The standard InChI is InChI=1S/C18H32N2O5/c1-13-5-7-17(12-21,8-6-13)19-18(9-14(22)23)10-20(11-18)15(24)25-16(2,3)4/h13,19,21H,5-12H2,1-4H3,(H,22,23). The Hall–Kier alpha value is -1.34. The molecule has 0 aromatic rings. The van der Waals surface area contributed by atoms with Gasteiger partial charge in [-0.05, 0) is 52.4 Å². The van der Waals surface area contributed by atoms with Crippen molar-refractivity contribution in [2.24, 2.45) is 5.92 Å². The van der Waals surface area contributed by atoms with Crippen LogP contribution in [0.4, 0.5) is 4.79 Å². The molecule has 0 atom stereocenters. The molecule has 1 heterocycles. The number of nitrogens with zero attached hydrogens (tertiary/aromatic N) is 1. The van der Waals surface area contributed by atoms with E-state index in [0.717, 1.165) is 25.7 Å². The van der Waals surface area contributed by atoms with E-state index in [1.807, 2.05) is 0 Å². The monoisotopic (exact) mass is 356 g/mol. The second-order valence-corrected chi connectivity index (χ2v) is 8.93. The van der Waals surface area contributed by atoms with E-state index in [9.17, 15) is 19.8 Å². The predicted octanol–water partition coefficient (Wildman–Crippen LogP) is 1.98. The van der Waals surface area contributed by atoms with Crippen LogP contribution >= 0.6 is 0 Å². The molecule has 2 fully saturated rings. The molecule has 0 aromatic heterocycles. The summed E-state index contributed by atoms with van der Waals surface area (Å²) in [6.07, 6.45) is 3.14. The Bertz CT molecular complexity index is 500. The maximum absolute atomic E-state index is 12.2. The van der Waals surface area contributed by atoms with Gasteiger partial charge < -0.3 is 19.8 Å². The fourth-order valence-corrected chi connectivity index (χ4v) is 3.86. The molecular weight excluding hydrogens is 324 g/mol. The van der Waals surface area contributed by atoms with Gasteiger partial charge in [0.25, 0.3) is 0 Å². The van der Waals surface area contributed by atoms with Crippen LogP contribution in [-0.2, 0) is 9.53 Å². The van der Waals surface area contributed by atoms with Gasteiger partial charge >= 0.3 is 12.1 Å². The molecule has 1 saturated carbocycles. The average Bonchev–Trinajstić information content (AvgIpc) is 2.44. The van der Waals surface area contributed by atoms with Gasteiger partial charge in [0.15, 0.2) is 0 Å². The summed E-state index contributed by atoms with van der Waals surface area (Å²) in [7, 11) is 0. The lowest BCUT2D eigenvalue weighted by atomic mass is 9.74. The van der Waals surface area contributed by atoms with E-state index in [1.165, 1.54) is 4.90 Å². The fraction of sp³-hybridized carbons (Fsp3) is 0.889. The van der Waals surface area contributed by atoms with Crippen LogP contribution in [0.3, 0.4) is 0 Å². The van der Waals surface area contributed by atoms with E-state index in [0.29, 0.717) is 5.92 Å². The number of aliphatic carboxylic acids is 1. The van der Waals surface area contributed by atoms with Crippen molar-refractivity contribution in [2.75, 3.05) is 19.7 Å². The highest BCUT2D eigenvalue weighted by Gasteiger charge is 2.52. The summed E-state index contributed by atoms with van der Waals surface area (Å²) in [6.45, 7) is 8.15. The molecule has 1 aliphatic carbocycles. The van der Waals surface area contributed by atoms with Gasteiger partial charge in [0.1, 0.15) is 5.60 Å². The molecule has 7 heteroatoms. The van der Waals surface area contributed by atoms with Gasteiger partial charge in [0.2, 0.25) is 0 Å². The van der Waals surface area contributed by atoms with Crippen LogP contribution in [0.2, 0.25) is 0 Å². The molecular formula is C18H32N2O5. The van der Waals surface area contributed by atoms with Crippen LogP contribution < -0.4 is 5.32 Å². The van der Waals surface area contributed by atoms with Gasteiger partial charge in [-0.1, -0.05) is 6.92 Å². The lowest BCUT2D eigenvalue weighted by molar-refractivity contribution is -0.142. The summed E-state index contributed by atoms with van der Waals surface area (Å²) in [5, 5.41) is 22.7. The Morgan fingerprint density at radius 1 is 1.20 bits per heavy atom. The highest BCUT2D eigenvalue weighted by atomic mass is 16.6.